The molecule has 1 amide bonds. The maximum absolute atomic E-state index is 12.6. The summed E-state index contributed by atoms with van der Waals surface area (Å²) in [5.74, 6) is -0.429. The average Bonchev–Trinajstić information content (AvgIpc) is 2.82. The summed E-state index contributed by atoms with van der Waals surface area (Å²) in [6, 6.07) is 8.34. The van der Waals surface area contributed by atoms with Crippen molar-refractivity contribution in [2.24, 2.45) is 0 Å². The van der Waals surface area contributed by atoms with Gasteiger partial charge in [-0.15, -0.1) is 0 Å². The second-order valence-electron chi connectivity index (χ2n) is 7.65. The van der Waals surface area contributed by atoms with Crippen LogP contribution < -0.4 is 0 Å². The first kappa shape index (κ1) is 19.2. The van der Waals surface area contributed by atoms with Gasteiger partial charge in [0.25, 0.3) is 0 Å². The molecule has 1 heterocycles. The summed E-state index contributed by atoms with van der Waals surface area (Å²) in [5, 5.41) is 0. The highest BCUT2D eigenvalue weighted by Gasteiger charge is 2.48. The number of ether oxygens (including phenoxy) is 3. The molecule has 138 valence electrons. The van der Waals surface area contributed by atoms with Crippen molar-refractivity contribution in [1.29, 1.82) is 0 Å². The predicted molar refractivity (Wildman–Crippen MR) is 93.2 cm³/mol. The van der Waals surface area contributed by atoms with E-state index in [0.717, 1.165) is 0 Å². The molecule has 2 rings (SSSR count). The molecule has 1 aliphatic heterocycles. The Hall–Kier alpha value is -2.08. The minimum absolute atomic E-state index is 0.273. The Kier molecular flexibility index (Phi) is 5.42. The second-order valence-corrected chi connectivity index (χ2v) is 7.65. The molecule has 1 aromatic carbocycles. The topological polar surface area (TPSA) is 65.1 Å². The van der Waals surface area contributed by atoms with Gasteiger partial charge in [-0.3, -0.25) is 4.90 Å². The molecule has 1 aromatic rings. The molecule has 0 bridgehead atoms. The first-order valence-electron chi connectivity index (χ1n) is 8.43. The third-order valence-electron chi connectivity index (χ3n) is 3.95. The van der Waals surface area contributed by atoms with E-state index in [9.17, 15) is 9.59 Å². The van der Waals surface area contributed by atoms with Crippen LogP contribution in [0.5, 0.6) is 0 Å². The minimum atomic E-state index is -0.833. The zero-order valence-corrected chi connectivity index (χ0v) is 15.7. The number of hydrogen-bond acceptors (Lipinski definition) is 5. The standard InChI is InChI=1S/C19H27NO5/c1-13(24-16(21)14-10-8-7-9-11-14)15-12-23-19(5,6)20(15)17(22)25-18(2,3)4/h7-11,13,15H,12H2,1-6H3/t13-,15+/m1/s1. The third-order valence-corrected chi connectivity index (χ3v) is 3.95. The number of rotatable bonds is 3. The Balaban J connectivity index is 2.13. The molecule has 0 saturated carbocycles. The molecular formula is C19H27NO5. The van der Waals surface area contributed by atoms with Crippen LogP contribution in [0.4, 0.5) is 4.79 Å². The fourth-order valence-corrected chi connectivity index (χ4v) is 2.73. The zero-order chi connectivity index (χ0) is 18.8. The summed E-state index contributed by atoms with van der Waals surface area (Å²) in [5.41, 5.74) is -0.985. The quantitative estimate of drug-likeness (QED) is 0.780. The first-order chi connectivity index (χ1) is 11.5. The van der Waals surface area contributed by atoms with Crippen molar-refractivity contribution in [3.05, 3.63) is 35.9 Å². The van der Waals surface area contributed by atoms with Gasteiger partial charge < -0.3 is 14.2 Å². The molecule has 25 heavy (non-hydrogen) atoms. The summed E-state index contributed by atoms with van der Waals surface area (Å²) in [6.45, 7) is 11.0. The summed E-state index contributed by atoms with van der Waals surface area (Å²) >= 11 is 0. The monoisotopic (exact) mass is 349 g/mol. The highest BCUT2D eigenvalue weighted by molar-refractivity contribution is 5.89. The lowest BCUT2D eigenvalue weighted by Crippen LogP contribution is -2.53. The van der Waals surface area contributed by atoms with Gasteiger partial charge in [-0.1, -0.05) is 18.2 Å². The molecule has 6 heteroatoms. The van der Waals surface area contributed by atoms with Gasteiger partial charge in [-0.05, 0) is 53.7 Å². The molecule has 0 unspecified atom stereocenters. The molecule has 0 radical (unpaired) electrons. The molecule has 0 N–H and O–H groups in total. The van der Waals surface area contributed by atoms with Crippen LogP contribution in [-0.4, -0.2) is 47.0 Å². The van der Waals surface area contributed by atoms with Crippen molar-refractivity contribution in [2.45, 2.75) is 65.0 Å². The molecule has 0 spiro atoms. The van der Waals surface area contributed by atoms with Gasteiger partial charge in [0.1, 0.15) is 17.4 Å². The van der Waals surface area contributed by atoms with Crippen LogP contribution in [0.25, 0.3) is 0 Å². The predicted octanol–water partition coefficient (Wildman–Crippen LogP) is 3.60. The van der Waals surface area contributed by atoms with Crippen LogP contribution in [0.15, 0.2) is 30.3 Å². The number of carbonyl (C=O) groups excluding carboxylic acids is 2. The van der Waals surface area contributed by atoms with Crippen molar-refractivity contribution in [3.8, 4) is 0 Å². The summed E-state index contributed by atoms with van der Waals surface area (Å²) in [4.78, 5) is 26.4. The molecule has 1 aliphatic rings. The van der Waals surface area contributed by atoms with Crippen LogP contribution in [0.1, 0.15) is 51.9 Å². The van der Waals surface area contributed by atoms with Crippen molar-refractivity contribution in [3.63, 3.8) is 0 Å². The second kappa shape index (κ2) is 7.04. The molecule has 2 atom stereocenters. The number of nitrogens with zero attached hydrogens (tertiary/aromatic N) is 1. The molecule has 0 aromatic heterocycles. The van der Waals surface area contributed by atoms with Crippen LogP contribution >= 0.6 is 0 Å². The molecule has 0 aliphatic carbocycles. The van der Waals surface area contributed by atoms with Crippen molar-refractivity contribution >= 4 is 12.1 Å². The highest BCUT2D eigenvalue weighted by atomic mass is 16.6. The third kappa shape index (κ3) is 4.72. The van der Waals surface area contributed by atoms with E-state index in [2.05, 4.69) is 0 Å². The van der Waals surface area contributed by atoms with Gasteiger partial charge in [-0.2, -0.15) is 0 Å². The molecule has 6 nitrogen and oxygen atoms in total. The lowest BCUT2D eigenvalue weighted by atomic mass is 10.1. The van der Waals surface area contributed by atoms with E-state index in [4.69, 9.17) is 14.2 Å². The SMILES string of the molecule is C[C@@H](OC(=O)c1ccccc1)[C@@H]1COC(C)(C)N1C(=O)OC(C)(C)C. The maximum atomic E-state index is 12.6. The Morgan fingerprint density at radius 2 is 1.84 bits per heavy atom. The average molecular weight is 349 g/mol. The van der Waals surface area contributed by atoms with Gasteiger partial charge in [0.15, 0.2) is 0 Å². The van der Waals surface area contributed by atoms with Crippen LogP contribution in [-0.2, 0) is 14.2 Å². The van der Waals surface area contributed by atoms with E-state index >= 15 is 0 Å². The van der Waals surface area contributed by atoms with E-state index in [0.29, 0.717) is 5.56 Å². The lowest BCUT2D eigenvalue weighted by molar-refractivity contribution is -0.0683. The first-order valence-corrected chi connectivity index (χ1v) is 8.43. The smallest absolute Gasteiger partial charge is 0.413 e. The van der Waals surface area contributed by atoms with Crippen molar-refractivity contribution < 1.29 is 23.8 Å². The van der Waals surface area contributed by atoms with Gasteiger partial charge in [0, 0.05) is 0 Å². The number of benzene rings is 1. The van der Waals surface area contributed by atoms with E-state index < -0.39 is 35.5 Å². The fourth-order valence-electron chi connectivity index (χ4n) is 2.73. The number of hydrogen-bond donors (Lipinski definition) is 0. The molecule has 1 saturated heterocycles. The zero-order valence-electron chi connectivity index (χ0n) is 15.7. The Morgan fingerprint density at radius 1 is 1.24 bits per heavy atom. The van der Waals surface area contributed by atoms with Gasteiger partial charge in [0.05, 0.1) is 18.2 Å². The molecule has 1 fully saturated rings. The van der Waals surface area contributed by atoms with Crippen LogP contribution in [0, 0.1) is 0 Å². The van der Waals surface area contributed by atoms with E-state index in [1.54, 1.807) is 45.0 Å². The Labute approximate surface area is 149 Å². The summed E-state index contributed by atoms with van der Waals surface area (Å²) in [7, 11) is 0. The summed E-state index contributed by atoms with van der Waals surface area (Å²) in [6.07, 6.45) is -1.02. The largest absolute Gasteiger partial charge is 0.457 e. The van der Waals surface area contributed by atoms with E-state index in [1.807, 2.05) is 26.8 Å². The van der Waals surface area contributed by atoms with Crippen molar-refractivity contribution in [2.75, 3.05) is 6.61 Å². The van der Waals surface area contributed by atoms with E-state index in [-0.39, 0.29) is 6.61 Å². The highest BCUT2D eigenvalue weighted by Crippen LogP contribution is 2.31. The maximum Gasteiger partial charge on any atom is 0.413 e. The van der Waals surface area contributed by atoms with Gasteiger partial charge in [0.2, 0.25) is 0 Å². The Morgan fingerprint density at radius 3 is 2.40 bits per heavy atom. The fraction of sp³-hybridized carbons (Fsp3) is 0.579. The Bertz CT molecular complexity index is 620. The number of amides is 1. The number of esters is 1. The minimum Gasteiger partial charge on any atom is -0.457 e. The van der Waals surface area contributed by atoms with E-state index in [1.165, 1.54) is 4.90 Å². The van der Waals surface area contributed by atoms with Gasteiger partial charge in [-0.25, -0.2) is 9.59 Å². The van der Waals surface area contributed by atoms with Gasteiger partial charge >= 0.3 is 12.1 Å². The summed E-state index contributed by atoms with van der Waals surface area (Å²) < 4.78 is 16.8. The van der Waals surface area contributed by atoms with Crippen LogP contribution in [0.2, 0.25) is 0 Å². The van der Waals surface area contributed by atoms with Crippen LogP contribution in [0.3, 0.4) is 0 Å². The normalized spacial score (nSPS) is 20.9. The van der Waals surface area contributed by atoms with Crippen molar-refractivity contribution in [1.82, 2.24) is 4.90 Å². The molecular weight excluding hydrogens is 322 g/mol. The lowest BCUT2D eigenvalue weighted by Gasteiger charge is -2.36. The number of carbonyl (C=O) groups is 2.